The van der Waals surface area contributed by atoms with Crippen LogP contribution < -0.4 is 10.5 Å². The van der Waals surface area contributed by atoms with E-state index in [1.807, 2.05) is 6.92 Å². The van der Waals surface area contributed by atoms with Crippen molar-refractivity contribution in [2.45, 2.75) is 19.8 Å². The Labute approximate surface area is 78.6 Å². The molecule has 0 aliphatic rings. The van der Waals surface area contributed by atoms with Crippen molar-refractivity contribution in [2.75, 3.05) is 12.3 Å². The molecule has 0 aliphatic carbocycles. The Morgan fingerprint density at radius 3 is 2.58 bits per heavy atom. The molecule has 0 aromatic heterocycles. The lowest BCUT2D eigenvalue weighted by Gasteiger charge is -2.03. The van der Waals surface area contributed by atoms with E-state index >= 15 is 0 Å². The van der Waals surface area contributed by atoms with E-state index in [-0.39, 0.29) is 5.75 Å². The Hall–Kier alpha value is -0.200. The minimum atomic E-state index is -3.09. The van der Waals surface area contributed by atoms with Gasteiger partial charge in [-0.05, 0) is 6.42 Å². The number of rotatable bonds is 6. The third kappa shape index (κ3) is 6.51. The molecule has 0 aromatic carbocycles. The van der Waals surface area contributed by atoms with Crippen molar-refractivity contribution in [3.8, 4) is 0 Å². The average Bonchev–Trinajstić information content (AvgIpc) is 1.85. The molecular formula is C6H14N2O2S2. The van der Waals surface area contributed by atoms with E-state index in [1.165, 1.54) is 0 Å². The topological polar surface area (TPSA) is 72.2 Å². The maximum absolute atomic E-state index is 11.0. The van der Waals surface area contributed by atoms with Gasteiger partial charge in [-0.3, -0.25) is 0 Å². The summed E-state index contributed by atoms with van der Waals surface area (Å²) in [5.74, 6) is 0.157. The number of nitrogens with two attached hydrogens (primary N) is 1. The lowest BCUT2D eigenvalue weighted by atomic mass is 10.4. The Morgan fingerprint density at radius 2 is 2.17 bits per heavy atom. The molecule has 6 heteroatoms. The van der Waals surface area contributed by atoms with Gasteiger partial charge in [-0.25, -0.2) is 13.1 Å². The predicted octanol–water partition coefficient (Wildman–Crippen LogP) is -0.00800. The number of hydrogen-bond donors (Lipinski definition) is 2. The molecule has 0 fully saturated rings. The van der Waals surface area contributed by atoms with Crippen LogP contribution in [0.1, 0.15) is 19.8 Å². The smallest absolute Gasteiger partial charge is 0.211 e. The summed E-state index contributed by atoms with van der Waals surface area (Å²) in [6, 6.07) is 0. The summed E-state index contributed by atoms with van der Waals surface area (Å²) in [4.78, 5) is 0.328. The summed E-state index contributed by atoms with van der Waals surface area (Å²) in [6.07, 6.45) is 1.03. The molecule has 0 spiro atoms. The van der Waals surface area contributed by atoms with E-state index in [9.17, 15) is 8.42 Å². The fraction of sp³-hybridized carbons (Fsp3) is 0.833. The number of hydrogen-bond acceptors (Lipinski definition) is 3. The lowest BCUT2D eigenvalue weighted by molar-refractivity contribution is 0.581. The van der Waals surface area contributed by atoms with Crippen molar-refractivity contribution in [3.05, 3.63) is 0 Å². The molecule has 0 atom stereocenters. The highest BCUT2D eigenvalue weighted by Gasteiger charge is 2.06. The minimum Gasteiger partial charge on any atom is -0.393 e. The van der Waals surface area contributed by atoms with Crippen LogP contribution in [0.4, 0.5) is 0 Å². The zero-order valence-corrected chi connectivity index (χ0v) is 8.67. The van der Waals surface area contributed by atoms with Crippen molar-refractivity contribution in [2.24, 2.45) is 5.73 Å². The van der Waals surface area contributed by atoms with E-state index in [1.54, 1.807) is 0 Å². The number of nitrogens with one attached hydrogen (secondary N) is 1. The molecule has 3 N–H and O–H groups in total. The Kier molecular flexibility index (Phi) is 5.36. The van der Waals surface area contributed by atoms with Crippen LogP contribution in [-0.2, 0) is 10.0 Å². The molecule has 0 radical (unpaired) electrons. The Balaban J connectivity index is 3.69. The molecule has 0 amide bonds. The second kappa shape index (κ2) is 5.45. The Morgan fingerprint density at radius 1 is 1.58 bits per heavy atom. The van der Waals surface area contributed by atoms with E-state index in [0.717, 1.165) is 0 Å². The van der Waals surface area contributed by atoms with Crippen LogP contribution >= 0.6 is 12.2 Å². The normalized spacial score (nSPS) is 11.4. The van der Waals surface area contributed by atoms with Gasteiger partial charge in [-0.1, -0.05) is 19.1 Å². The van der Waals surface area contributed by atoms with Gasteiger partial charge < -0.3 is 5.73 Å². The maximum Gasteiger partial charge on any atom is 0.211 e. The second-order valence-electron chi connectivity index (χ2n) is 2.43. The summed E-state index contributed by atoms with van der Waals surface area (Å²) < 4.78 is 24.4. The average molecular weight is 210 g/mol. The molecule has 72 valence electrons. The predicted molar refractivity (Wildman–Crippen MR) is 53.5 cm³/mol. The molecule has 0 heterocycles. The molecule has 0 unspecified atom stereocenters. The first-order chi connectivity index (χ1) is 5.48. The maximum atomic E-state index is 11.0. The highest BCUT2D eigenvalue weighted by Crippen LogP contribution is 1.88. The first-order valence-corrected chi connectivity index (χ1v) is 5.79. The van der Waals surface area contributed by atoms with Crippen molar-refractivity contribution >= 4 is 27.2 Å². The third-order valence-electron chi connectivity index (χ3n) is 1.17. The van der Waals surface area contributed by atoms with Crippen LogP contribution in [0.15, 0.2) is 0 Å². The van der Waals surface area contributed by atoms with Gasteiger partial charge in [0.05, 0.1) is 10.7 Å². The zero-order valence-electron chi connectivity index (χ0n) is 7.04. The van der Waals surface area contributed by atoms with Gasteiger partial charge in [0.1, 0.15) is 0 Å². The molecule has 0 saturated heterocycles. The summed E-state index contributed by atoms with van der Waals surface area (Å²) in [5, 5.41) is 0. The molecule has 0 saturated carbocycles. The van der Waals surface area contributed by atoms with Crippen LogP contribution in [0.2, 0.25) is 0 Å². The first kappa shape index (κ1) is 11.8. The SMILES string of the molecule is CCCS(=O)(=O)NCCC(N)=S. The van der Waals surface area contributed by atoms with Gasteiger partial charge in [0, 0.05) is 13.0 Å². The molecule has 0 bridgehead atoms. The van der Waals surface area contributed by atoms with Gasteiger partial charge in [-0.2, -0.15) is 0 Å². The fourth-order valence-corrected chi connectivity index (χ4v) is 1.87. The summed E-state index contributed by atoms with van der Waals surface area (Å²) in [6.45, 7) is 2.12. The fourth-order valence-electron chi connectivity index (χ4n) is 0.671. The van der Waals surface area contributed by atoms with E-state index in [2.05, 4.69) is 16.9 Å². The van der Waals surface area contributed by atoms with E-state index in [0.29, 0.717) is 24.4 Å². The van der Waals surface area contributed by atoms with Gasteiger partial charge in [0.2, 0.25) is 10.0 Å². The van der Waals surface area contributed by atoms with Crippen LogP contribution in [0.5, 0.6) is 0 Å². The van der Waals surface area contributed by atoms with Gasteiger partial charge in [0.25, 0.3) is 0 Å². The van der Waals surface area contributed by atoms with Gasteiger partial charge >= 0.3 is 0 Å². The Bertz CT molecular complexity index is 236. The molecule has 12 heavy (non-hydrogen) atoms. The highest BCUT2D eigenvalue weighted by atomic mass is 32.2. The summed E-state index contributed by atoms with van der Waals surface area (Å²) in [5.41, 5.74) is 5.19. The van der Waals surface area contributed by atoms with Gasteiger partial charge in [0.15, 0.2) is 0 Å². The zero-order chi connectivity index (χ0) is 9.61. The van der Waals surface area contributed by atoms with Crippen molar-refractivity contribution in [1.29, 1.82) is 0 Å². The quantitative estimate of drug-likeness (QED) is 0.605. The third-order valence-corrected chi connectivity index (χ3v) is 2.96. The molecular weight excluding hydrogens is 196 g/mol. The van der Waals surface area contributed by atoms with E-state index in [4.69, 9.17) is 5.73 Å². The van der Waals surface area contributed by atoms with E-state index < -0.39 is 10.0 Å². The number of thiocarbonyl (C=S) groups is 1. The van der Waals surface area contributed by atoms with Crippen LogP contribution in [-0.4, -0.2) is 25.7 Å². The lowest BCUT2D eigenvalue weighted by Crippen LogP contribution is -2.29. The highest BCUT2D eigenvalue weighted by molar-refractivity contribution is 7.89. The number of sulfonamides is 1. The standard InChI is InChI=1S/C6H14N2O2S2/c1-2-5-12(9,10)8-4-3-6(7)11/h8H,2-5H2,1H3,(H2,7,11). The van der Waals surface area contributed by atoms with Gasteiger partial charge in [-0.15, -0.1) is 0 Å². The monoisotopic (exact) mass is 210 g/mol. The molecule has 0 aliphatic heterocycles. The molecule has 4 nitrogen and oxygen atoms in total. The van der Waals surface area contributed by atoms with Crippen LogP contribution in [0.3, 0.4) is 0 Å². The summed E-state index contributed by atoms with van der Waals surface area (Å²) in [7, 11) is -3.09. The van der Waals surface area contributed by atoms with Crippen LogP contribution in [0, 0.1) is 0 Å². The minimum absolute atomic E-state index is 0.157. The van der Waals surface area contributed by atoms with Crippen molar-refractivity contribution in [1.82, 2.24) is 4.72 Å². The van der Waals surface area contributed by atoms with Crippen molar-refractivity contribution < 1.29 is 8.42 Å². The summed E-state index contributed by atoms with van der Waals surface area (Å²) >= 11 is 4.59. The van der Waals surface area contributed by atoms with Crippen LogP contribution in [0.25, 0.3) is 0 Å². The largest absolute Gasteiger partial charge is 0.393 e. The second-order valence-corrected chi connectivity index (χ2v) is 4.88. The molecule has 0 aromatic rings. The first-order valence-electron chi connectivity index (χ1n) is 3.73. The van der Waals surface area contributed by atoms with Crippen molar-refractivity contribution in [3.63, 3.8) is 0 Å². The molecule has 0 rings (SSSR count).